The fourth-order valence-corrected chi connectivity index (χ4v) is 2.80. The summed E-state index contributed by atoms with van der Waals surface area (Å²) in [5.74, 6) is 0. The second-order valence-electron chi connectivity index (χ2n) is 6.43. The molecule has 0 saturated heterocycles. The highest BCUT2D eigenvalue weighted by Crippen LogP contribution is 2.46. The highest BCUT2D eigenvalue weighted by Gasteiger charge is 2.37. The lowest BCUT2D eigenvalue weighted by molar-refractivity contribution is 0.331. The van der Waals surface area contributed by atoms with E-state index in [0.29, 0.717) is 11.1 Å². The van der Waals surface area contributed by atoms with Gasteiger partial charge < -0.3 is 0 Å². The molecule has 1 aromatic carbocycles. The van der Waals surface area contributed by atoms with Gasteiger partial charge in [-0.05, 0) is 46.9 Å². The quantitative estimate of drug-likeness (QED) is 0.690. The van der Waals surface area contributed by atoms with Crippen molar-refractivity contribution >= 4 is 0 Å². The number of hydrogen-bond acceptors (Lipinski definition) is 2. The first-order chi connectivity index (χ1) is 8.31. The first-order valence-electron chi connectivity index (χ1n) is 6.31. The Balaban J connectivity index is 2.78. The first kappa shape index (κ1) is 12.7. The van der Waals surface area contributed by atoms with Crippen LogP contribution in [0.3, 0.4) is 0 Å². The Kier molecular flexibility index (Phi) is 2.71. The van der Waals surface area contributed by atoms with Crippen LogP contribution in [-0.4, -0.2) is 0 Å². The average Bonchev–Trinajstić information content (AvgIpc) is 2.33. The molecule has 0 fully saturated rings. The molecular weight excluding hydrogens is 220 g/mol. The van der Waals surface area contributed by atoms with Crippen molar-refractivity contribution in [2.24, 2.45) is 0 Å². The highest BCUT2D eigenvalue weighted by molar-refractivity contribution is 5.54. The molecule has 0 spiro atoms. The van der Waals surface area contributed by atoms with Crippen LogP contribution in [0.15, 0.2) is 12.1 Å². The largest absolute Gasteiger partial charge is 0.192 e. The Morgan fingerprint density at radius 3 is 1.44 bits per heavy atom. The molecule has 0 bridgehead atoms. The Bertz CT molecular complexity index is 527. The zero-order valence-corrected chi connectivity index (χ0v) is 11.5. The van der Waals surface area contributed by atoms with E-state index >= 15 is 0 Å². The van der Waals surface area contributed by atoms with Gasteiger partial charge in [-0.2, -0.15) is 10.5 Å². The summed E-state index contributed by atoms with van der Waals surface area (Å²) < 4.78 is 0. The maximum atomic E-state index is 9.15. The second kappa shape index (κ2) is 3.85. The van der Waals surface area contributed by atoms with Crippen molar-refractivity contribution in [3.05, 3.63) is 34.4 Å². The normalized spacial score (nSPS) is 19.4. The van der Waals surface area contributed by atoms with Crippen LogP contribution in [-0.2, 0) is 10.8 Å². The van der Waals surface area contributed by atoms with Gasteiger partial charge in [0.1, 0.15) is 12.1 Å². The Hall–Kier alpha value is -1.80. The number of nitriles is 2. The fourth-order valence-electron chi connectivity index (χ4n) is 2.80. The summed E-state index contributed by atoms with van der Waals surface area (Å²) in [5, 5.41) is 18.3. The zero-order chi connectivity index (χ0) is 13.6. The van der Waals surface area contributed by atoms with Crippen LogP contribution in [0.25, 0.3) is 0 Å². The van der Waals surface area contributed by atoms with Gasteiger partial charge in [0.15, 0.2) is 0 Å². The topological polar surface area (TPSA) is 47.6 Å². The van der Waals surface area contributed by atoms with Gasteiger partial charge in [0.25, 0.3) is 0 Å². The molecule has 0 saturated carbocycles. The molecule has 2 nitrogen and oxygen atoms in total. The van der Waals surface area contributed by atoms with Crippen molar-refractivity contribution in [3.63, 3.8) is 0 Å². The molecule has 0 heterocycles. The number of fused-ring (bicyclic) bond motifs is 1. The number of nitrogens with zero attached hydrogens (tertiary/aromatic N) is 2. The molecule has 1 aliphatic rings. The standard InChI is InChI=1S/C16H18N2/c1-15(2)5-6-16(3,4)14-8-12(10-18)11(9-17)7-13(14)15/h7-8H,5-6H2,1-4H3. The summed E-state index contributed by atoms with van der Waals surface area (Å²) in [6.45, 7) is 8.87. The van der Waals surface area contributed by atoms with Gasteiger partial charge in [-0.25, -0.2) is 0 Å². The summed E-state index contributed by atoms with van der Waals surface area (Å²) in [4.78, 5) is 0. The van der Waals surface area contributed by atoms with Gasteiger partial charge in [-0.1, -0.05) is 27.7 Å². The summed E-state index contributed by atoms with van der Waals surface area (Å²) in [7, 11) is 0. The molecule has 2 heteroatoms. The van der Waals surface area contributed by atoms with Gasteiger partial charge in [0.05, 0.1) is 11.1 Å². The lowest BCUT2D eigenvalue weighted by Crippen LogP contribution is -2.34. The zero-order valence-electron chi connectivity index (χ0n) is 11.5. The monoisotopic (exact) mass is 238 g/mol. The molecule has 0 N–H and O–H groups in total. The van der Waals surface area contributed by atoms with Gasteiger partial charge in [0.2, 0.25) is 0 Å². The fraction of sp³-hybridized carbons (Fsp3) is 0.500. The molecule has 0 aromatic heterocycles. The maximum absolute atomic E-state index is 9.15. The van der Waals surface area contributed by atoms with Crippen molar-refractivity contribution in [2.75, 3.05) is 0 Å². The van der Waals surface area contributed by atoms with Gasteiger partial charge in [-0.15, -0.1) is 0 Å². The highest BCUT2D eigenvalue weighted by atomic mass is 14.4. The van der Waals surface area contributed by atoms with E-state index in [1.54, 1.807) is 0 Å². The molecule has 92 valence electrons. The molecule has 18 heavy (non-hydrogen) atoms. The minimum atomic E-state index is 0.0877. The molecule has 0 atom stereocenters. The number of rotatable bonds is 0. The average molecular weight is 238 g/mol. The predicted octanol–water partition coefficient (Wildman–Crippen LogP) is 3.78. The lowest BCUT2D eigenvalue weighted by atomic mass is 9.62. The predicted molar refractivity (Wildman–Crippen MR) is 71.2 cm³/mol. The van der Waals surface area contributed by atoms with E-state index in [0.717, 1.165) is 12.8 Å². The van der Waals surface area contributed by atoms with E-state index in [9.17, 15) is 0 Å². The number of hydrogen-bond donors (Lipinski definition) is 0. The third-order valence-corrected chi connectivity index (χ3v) is 4.23. The third kappa shape index (κ3) is 1.79. The van der Waals surface area contributed by atoms with Crippen molar-refractivity contribution in [1.29, 1.82) is 10.5 Å². The smallest absolute Gasteiger partial charge is 0.101 e. The van der Waals surface area contributed by atoms with E-state index < -0.39 is 0 Å². The van der Waals surface area contributed by atoms with Crippen LogP contribution in [0.1, 0.15) is 62.8 Å². The first-order valence-corrected chi connectivity index (χ1v) is 6.31. The molecule has 1 aromatic rings. The second-order valence-corrected chi connectivity index (χ2v) is 6.43. The molecular formula is C16H18N2. The minimum absolute atomic E-state index is 0.0877. The van der Waals surface area contributed by atoms with E-state index in [4.69, 9.17) is 10.5 Å². The van der Waals surface area contributed by atoms with Crippen molar-refractivity contribution in [1.82, 2.24) is 0 Å². The van der Waals surface area contributed by atoms with Crippen molar-refractivity contribution in [2.45, 2.75) is 51.4 Å². The van der Waals surface area contributed by atoms with Gasteiger partial charge >= 0.3 is 0 Å². The Morgan fingerprint density at radius 1 is 0.833 bits per heavy atom. The summed E-state index contributed by atoms with van der Waals surface area (Å²) in [6, 6.07) is 8.13. The Morgan fingerprint density at radius 2 is 1.17 bits per heavy atom. The molecule has 0 unspecified atom stereocenters. The lowest BCUT2D eigenvalue weighted by Gasteiger charge is -2.42. The van der Waals surface area contributed by atoms with Crippen molar-refractivity contribution in [3.8, 4) is 12.1 Å². The van der Waals surface area contributed by atoms with Crippen LogP contribution >= 0.6 is 0 Å². The third-order valence-electron chi connectivity index (χ3n) is 4.23. The van der Waals surface area contributed by atoms with Crippen LogP contribution < -0.4 is 0 Å². The van der Waals surface area contributed by atoms with Crippen LogP contribution in [0, 0.1) is 22.7 Å². The van der Waals surface area contributed by atoms with Crippen LogP contribution in [0.2, 0.25) is 0 Å². The molecule has 2 rings (SSSR count). The SMILES string of the molecule is CC1(C)CCC(C)(C)c2cc(C#N)c(C#N)cc21. The van der Waals surface area contributed by atoms with Crippen LogP contribution in [0.5, 0.6) is 0 Å². The summed E-state index contributed by atoms with van der Waals surface area (Å²) >= 11 is 0. The Labute approximate surface area is 109 Å². The van der Waals surface area contributed by atoms with Gasteiger partial charge in [0, 0.05) is 0 Å². The van der Waals surface area contributed by atoms with Gasteiger partial charge in [-0.3, -0.25) is 0 Å². The van der Waals surface area contributed by atoms with Crippen LogP contribution in [0.4, 0.5) is 0 Å². The van der Waals surface area contributed by atoms with E-state index in [1.807, 2.05) is 12.1 Å². The molecule has 0 amide bonds. The molecule has 1 aliphatic carbocycles. The summed E-state index contributed by atoms with van der Waals surface area (Å²) in [6.07, 6.45) is 2.23. The maximum Gasteiger partial charge on any atom is 0.101 e. The summed E-state index contributed by atoms with van der Waals surface area (Å²) in [5.41, 5.74) is 3.64. The van der Waals surface area contributed by atoms with E-state index in [-0.39, 0.29) is 10.8 Å². The van der Waals surface area contributed by atoms with E-state index in [2.05, 4.69) is 39.8 Å². The molecule has 0 radical (unpaired) electrons. The van der Waals surface area contributed by atoms with Crippen molar-refractivity contribution < 1.29 is 0 Å². The molecule has 0 aliphatic heterocycles. The minimum Gasteiger partial charge on any atom is -0.192 e. The van der Waals surface area contributed by atoms with E-state index in [1.165, 1.54) is 11.1 Å². The number of benzene rings is 1.